The second-order valence-electron chi connectivity index (χ2n) is 10.8. The quantitative estimate of drug-likeness (QED) is 0.328. The van der Waals surface area contributed by atoms with Crippen LogP contribution in [0.25, 0.3) is 0 Å². The van der Waals surface area contributed by atoms with E-state index < -0.39 is 0 Å². The van der Waals surface area contributed by atoms with E-state index in [1.807, 2.05) is 12.1 Å². The first kappa shape index (κ1) is 27.7. The molecule has 1 N–H and O–H groups in total. The fourth-order valence-corrected chi connectivity index (χ4v) is 6.24. The zero-order chi connectivity index (χ0) is 27.0. The molecule has 2 heterocycles. The summed E-state index contributed by atoms with van der Waals surface area (Å²) in [7, 11) is 0. The van der Waals surface area contributed by atoms with E-state index in [1.165, 1.54) is 17.5 Å². The zero-order valence-corrected chi connectivity index (χ0v) is 23.7. The topological polar surface area (TPSA) is 44.8 Å². The summed E-state index contributed by atoms with van der Waals surface area (Å²) in [6.45, 7) is 7.95. The predicted molar refractivity (Wildman–Crippen MR) is 159 cm³/mol. The monoisotopic (exact) mass is 545 g/mol. The highest BCUT2D eigenvalue weighted by Gasteiger charge is 2.26. The number of carbonyl (C=O) groups excluding carboxylic acids is 1. The maximum Gasteiger partial charge on any atom is 0.251 e. The van der Waals surface area contributed by atoms with Crippen molar-refractivity contribution in [2.75, 3.05) is 39.3 Å². The van der Waals surface area contributed by atoms with E-state index in [2.05, 4.69) is 82.7 Å². The second kappa shape index (κ2) is 13.5. The Hall–Kier alpha value is -2.86. The average molecular weight is 546 g/mol. The number of hydrogen-bond donors (Lipinski definition) is 1. The number of benzene rings is 3. The number of ether oxygens (including phenoxy) is 1. The van der Waals surface area contributed by atoms with Crippen molar-refractivity contribution in [1.29, 1.82) is 0 Å². The lowest BCUT2D eigenvalue weighted by Crippen LogP contribution is -2.40. The van der Waals surface area contributed by atoms with Crippen LogP contribution in [0.4, 0.5) is 0 Å². The second-order valence-corrected chi connectivity index (χ2v) is 11.2. The van der Waals surface area contributed by atoms with E-state index in [9.17, 15) is 4.79 Å². The molecular formula is C33H40ClN3O2. The Bertz CT molecular complexity index is 1160. The van der Waals surface area contributed by atoms with Crippen LogP contribution in [0.2, 0.25) is 5.02 Å². The summed E-state index contributed by atoms with van der Waals surface area (Å²) >= 11 is 6.58. The Morgan fingerprint density at radius 2 is 1.62 bits per heavy atom. The normalized spacial score (nSPS) is 18.9. The molecule has 2 saturated heterocycles. The molecule has 6 heteroatoms. The molecule has 0 spiro atoms. The van der Waals surface area contributed by atoms with Gasteiger partial charge in [-0.15, -0.1) is 0 Å². The van der Waals surface area contributed by atoms with Gasteiger partial charge in [0.1, 0.15) is 11.9 Å². The van der Waals surface area contributed by atoms with E-state index >= 15 is 0 Å². The molecule has 39 heavy (non-hydrogen) atoms. The summed E-state index contributed by atoms with van der Waals surface area (Å²) < 4.78 is 6.32. The largest absolute Gasteiger partial charge is 0.489 e. The van der Waals surface area contributed by atoms with Crippen LogP contribution in [-0.2, 0) is 0 Å². The highest BCUT2D eigenvalue weighted by Crippen LogP contribution is 2.30. The third-order valence-electron chi connectivity index (χ3n) is 8.27. The fraction of sp³-hybridized carbons (Fsp3) is 0.424. The number of likely N-dealkylation sites (N-methyl/N-ethyl adjacent to an activating group) is 1. The van der Waals surface area contributed by atoms with Crippen LogP contribution >= 0.6 is 11.6 Å². The molecule has 0 saturated carbocycles. The molecule has 0 radical (unpaired) electrons. The van der Waals surface area contributed by atoms with Crippen molar-refractivity contribution in [2.24, 2.45) is 0 Å². The summed E-state index contributed by atoms with van der Waals surface area (Å²) in [4.78, 5) is 17.7. The van der Waals surface area contributed by atoms with Gasteiger partial charge in [0.05, 0.1) is 5.02 Å². The molecule has 2 fully saturated rings. The number of halogens is 1. The van der Waals surface area contributed by atoms with Gasteiger partial charge in [0.25, 0.3) is 5.91 Å². The molecule has 2 aliphatic heterocycles. The van der Waals surface area contributed by atoms with Crippen LogP contribution in [0.5, 0.6) is 5.75 Å². The van der Waals surface area contributed by atoms with E-state index in [1.54, 1.807) is 6.07 Å². The Labute approximate surface area is 238 Å². The van der Waals surface area contributed by atoms with Crippen molar-refractivity contribution in [3.8, 4) is 5.75 Å². The third-order valence-corrected chi connectivity index (χ3v) is 8.57. The number of amides is 1. The molecule has 2 aliphatic rings. The first-order chi connectivity index (χ1) is 19.1. The number of hydrogen-bond acceptors (Lipinski definition) is 4. The number of nitrogens with one attached hydrogen (secondary N) is 1. The van der Waals surface area contributed by atoms with Crippen LogP contribution in [0.15, 0.2) is 78.9 Å². The molecule has 3 aromatic rings. The van der Waals surface area contributed by atoms with Gasteiger partial charge in [0.15, 0.2) is 0 Å². The summed E-state index contributed by atoms with van der Waals surface area (Å²) in [5.41, 5.74) is 3.28. The lowest BCUT2D eigenvalue weighted by atomic mass is 9.90. The minimum atomic E-state index is -0.0777. The third kappa shape index (κ3) is 7.21. The first-order valence-corrected chi connectivity index (χ1v) is 14.8. The molecule has 1 amide bonds. The summed E-state index contributed by atoms with van der Waals surface area (Å²) in [5, 5.41) is 3.59. The van der Waals surface area contributed by atoms with E-state index in [0.717, 1.165) is 52.0 Å². The summed E-state index contributed by atoms with van der Waals surface area (Å²) in [6, 6.07) is 27.4. The minimum Gasteiger partial charge on any atom is -0.489 e. The van der Waals surface area contributed by atoms with Gasteiger partial charge in [-0.05, 0) is 68.1 Å². The van der Waals surface area contributed by atoms with Gasteiger partial charge in [0.2, 0.25) is 0 Å². The van der Waals surface area contributed by atoms with Gasteiger partial charge in [0, 0.05) is 43.7 Å². The predicted octanol–water partition coefficient (Wildman–Crippen LogP) is 6.23. The van der Waals surface area contributed by atoms with E-state index in [4.69, 9.17) is 16.3 Å². The van der Waals surface area contributed by atoms with Crippen molar-refractivity contribution in [3.05, 3.63) is 101 Å². The highest BCUT2D eigenvalue weighted by molar-refractivity contribution is 6.32. The van der Waals surface area contributed by atoms with Crippen molar-refractivity contribution in [3.63, 3.8) is 0 Å². The molecule has 0 bridgehead atoms. The molecule has 0 aromatic heterocycles. The Balaban J connectivity index is 1.13. The molecule has 206 valence electrons. The van der Waals surface area contributed by atoms with E-state index in [0.29, 0.717) is 34.8 Å². The number of carbonyl (C=O) groups is 1. The lowest BCUT2D eigenvalue weighted by molar-refractivity contribution is 0.0940. The smallest absolute Gasteiger partial charge is 0.251 e. The average Bonchev–Trinajstić information content (AvgIpc) is 3.45. The Morgan fingerprint density at radius 1 is 0.949 bits per heavy atom. The molecule has 5 nitrogen and oxygen atoms in total. The molecule has 0 aliphatic carbocycles. The van der Waals surface area contributed by atoms with Crippen molar-refractivity contribution < 1.29 is 9.53 Å². The van der Waals surface area contributed by atoms with Crippen molar-refractivity contribution in [2.45, 2.75) is 50.7 Å². The molecule has 3 aromatic carbocycles. The highest BCUT2D eigenvalue weighted by atomic mass is 35.5. The van der Waals surface area contributed by atoms with Crippen LogP contribution < -0.4 is 10.1 Å². The van der Waals surface area contributed by atoms with E-state index in [-0.39, 0.29) is 12.0 Å². The van der Waals surface area contributed by atoms with Gasteiger partial charge in [-0.25, -0.2) is 0 Å². The SMILES string of the molecule is CCN1CCCC1CNC(=O)c1ccc(OC2CCN(CC(c3ccccc3)c3ccccc3)CC2)c(Cl)c1. The van der Waals surface area contributed by atoms with Crippen LogP contribution in [0, 0.1) is 0 Å². The maximum absolute atomic E-state index is 12.7. The van der Waals surface area contributed by atoms with Crippen molar-refractivity contribution in [1.82, 2.24) is 15.1 Å². The number of rotatable bonds is 10. The van der Waals surface area contributed by atoms with Gasteiger partial charge >= 0.3 is 0 Å². The standard InChI is InChI=1S/C33H40ClN3O2/c1-2-37-19-9-14-28(37)23-35-33(38)27-15-16-32(31(34)22-27)39-29-17-20-36(21-18-29)24-30(25-10-5-3-6-11-25)26-12-7-4-8-13-26/h3-8,10-13,15-16,22,28-30H,2,9,14,17-21,23-24H2,1H3,(H,35,38). The molecule has 5 rings (SSSR count). The van der Waals surface area contributed by atoms with Crippen molar-refractivity contribution >= 4 is 17.5 Å². The lowest BCUT2D eigenvalue weighted by Gasteiger charge is -2.34. The first-order valence-electron chi connectivity index (χ1n) is 14.4. The molecular weight excluding hydrogens is 506 g/mol. The van der Waals surface area contributed by atoms with Gasteiger partial charge in [-0.3, -0.25) is 9.69 Å². The maximum atomic E-state index is 12.7. The zero-order valence-electron chi connectivity index (χ0n) is 22.9. The fourth-order valence-electron chi connectivity index (χ4n) is 6.01. The van der Waals surface area contributed by atoms with Gasteiger partial charge in [-0.2, -0.15) is 0 Å². The Kier molecular flexibility index (Phi) is 9.57. The Morgan fingerprint density at radius 3 is 2.23 bits per heavy atom. The number of piperidine rings is 1. The van der Waals surface area contributed by atoms with Gasteiger partial charge < -0.3 is 15.0 Å². The minimum absolute atomic E-state index is 0.0777. The number of likely N-dealkylation sites (tertiary alicyclic amines) is 2. The molecule has 1 unspecified atom stereocenters. The van der Waals surface area contributed by atoms with Crippen LogP contribution in [0.3, 0.4) is 0 Å². The molecule has 1 atom stereocenters. The summed E-state index contributed by atoms with van der Waals surface area (Å²) in [6.07, 6.45) is 4.35. The van der Waals surface area contributed by atoms with Gasteiger partial charge in [-0.1, -0.05) is 79.2 Å². The van der Waals surface area contributed by atoms with Crippen LogP contribution in [0.1, 0.15) is 60.0 Å². The van der Waals surface area contributed by atoms with Crippen LogP contribution in [-0.4, -0.2) is 67.1 Å². The summed E-state index contributed by atoms with van der Waals surface area (Å²) in [5.74, 6) is 0.925. The number of nitrogens with zero attached hydrogens (tertiary/aromatic N) is 2.